The van der Waals surface area contributed by atoms with Gasteiger partial charge in [0, 0.05) is 0 Å². The van der Waals surface area contributed by atoms with E-state index < -0.39 is 0 Å². The SMILES string of the molecule is O=CO.[Li][CH]1CN(C(=O)c2ccc(F)cc2)CC(C)(C)C1. The van der Waals surface area contributed by atoms with Crippen LogP contribution < -0.4 is 0 Å². The predicted octanol–water partition coefficient (Wildman–Crippen LogP) is 2.36. The molecule has 0 spiro atoms. The van der Waals surface area contributed by atoms with Crippen molar-refractivity contribution < 1.29 is 19.1 Å². The molecule has 1 aromatic rings. The summed E-state index contributed by atoms with van der Waals surface area (Å²) in [5, 5.41) is 6.89. The molecule has 1 unspecified atom stereocenters. The van der Waals surface area contributed by atoms with Gasteiger partial charge in [0.25, 0.3) is 6.47 Å². The average Bonchev–Trinajstić information content (AvgIpc) is 2.37. The van der Waals surface area contributed by atoms with Crippen LogP contribution in [0.4, 0.5) is 4.39 Å². The van der Waals surface area contributed by atoms with E-state index in [1.807, 2.05) is 4.90 Å². The molecule has 110 valence electrons. The number of rotatable bonds is 1. The molecule has 1 aromatic carbocycles. The standard InChI is InChI=1S/C14H17FNO.CH2O2.Li/c1-14(2)8-3-9-16(10-14)13(17)11-4-6-12(15)7-5-11;2-1-3;/h3-7H,8-10H2,1-2H3;1H,(H,2,3);. The Kier molecular flexibility index (Phi) is 6.44. The second-order valence-corrected chi connectivity index (χ2v) is 6.27. The van der Waals surface area contributed by atoms with Crippen molar-refractivity contribution in [1.82, 2.24) is 4.90 Å². The molecule has 1 amide bonds. The Morgan fingerprint density at radius 3 is 2.43 bits per heavy atom. The molecule has 1 saturated heterocycles. The number of carboxylic acid groups (broad SMARTS) is 1. The molecule has 1 fully saturated rings. The first kappa shape index (κ1) is 17.7. The van der Waals surface area contributed by atoms with Crippen molar-refractivity contribution in [3.8, 4) is 0 Å². The number of hydrogen-bond donors (Lipinski definition) is 1. The van der Waals surface area contributed by atoms with Gasteiger partial charge in [-0.25, -0.2) is 0 Å². The molecular formula is C15H19FLiNO3. The van der Waals surface area contributed by atoms with E-state index in [0.29, 0.717) is 10.2 Å². The van der Waals surface area contributed by atoms with Crippen LogP contribution in [0.1, 0.15) is 30.6 Å². The zero-order valence-corrected chi connectivity index (χ0v) is 12.7. The van der Waals surface area contributed by atoms with E-state index in [2.05, 4.69) is 31.6 Å². The van der Waals surface area contributed by atoms with Gasteiger partial charge in [-0.3, -0.25) is 4.79 Å². The number of halogens is 1. The summed E-state index contributed by atoms with van der Waals surface area (Å²) in [7, 11) is 0. The van der Waals surface area contributed by atoms with Gasteiger partial charge in [0.2, 0.25) is 0 Å². The molecule has 4 nitrogen and oxygen atoms in total. The topological polar surface area (TPSA) is 57.6 Å². The van der Waals surface area contributed by atoms with Crippen LogP contribution in [0.15, 0.2) is 24.3 Å². The van der Waals surface area contributed by atoms with E-state index in [9.17, 15) is 9.18 Å². The minimum absolute atomic E-state index is 0.00891. The van der Waals surface area contributed by atoms with Crippen molar-refractivity contribution >= 4 is 30.1 Å². The molecule has 0 saturated carbocycles. The Morgan fingerprint density at radius 1 is 1.43 bits per heavy atom. The minimum atomic E-state index is -0.307. The molecule has 0 aromatic heterocycles. The normalized spacial score (nSPS) is 20.2. The van der Waals surface area contributed by atoms with Crippen LogP contribution in [0.2, 0.25) is 4.59 Å². The van der Waals surface area contributed by atoms with E-state index in [-0.39, 0.29) is 23.6 Å². The predicted molar refractivity (Wildman–Crippen MR) is 78.9 cm³/mol. The van der Waals surface area contributed by atoms with Crippen LogP contribution in [-0.2, 0) is 4.79 Å². The summed E-state index contributed by atoms with van der Waals surface area (Å²) in [5.74, 6) is -0.298. The Hall–Kier alpha value is -1.31. The van der Waals surface area contributed by atoms with E-state index >= 15 is 0 Å². The third-order valence-electron chi connectivity index (χ3n) is 3.43. The molecule has 1 aliphatic heterocycles. The third-order valence-corrected chi connectivity index (χ3v) is 3.43. The molecule has 0 bridgehead atoms. The van der Waals surface area contributed by atoms with Crippen molar-refractivity contribution in [2.45, 2.75) is 24.9 Å². The Morgan fingerprint density at radius 2 is 1.95 bits per heavy atom. The van der Waals surface area contributed by atoms with Crippen LogP contribution in [0.25, 0.3) is 0 Å². The molecule has 1 aliphatic rings. The van der Waals surface area contributed by atoms with Gasteiger partial charge in [-0.1, -0.05) is 0 Å². The molecule has 21 heavy (non-hydrogen) atoms. The number of likely N-dealkylation sites (tertiary alicyclic amines) is 1. The van der Waals surface area contributed by atoms with E-state index in [1.165, 1.54) is 12.1 Å². The number of benzene rings is 1. The zero-order chi connectivity index (χ0) is 16.0. The van der Waals surface area contributed by atoms with Crippen molar-refractivity contribution in [2.75, 3.05) is 13.1 Å². The maximum atomic E-state index is 12.9. The van der Waals surface area contributed by atoms with E-state index in [0.717, 1.165) is 19.5 Å². The van der Waals surface area contributed by atoms with E-state index in [4.69, 9.17) is 9.90 Å². The Bertz CT molecular complexity index is 490. The third kappa shape index (κ3) is 5.53. The quantitative estimate of drug-likeness (QED) is 0.637. The number of hydrogen-bond acceptors (Lipinski definition) is 2. The fraction of sp³-hybridized carbons (Fsp3) is 0.467. The number of piperidine rings is 1. The van der Waals surface area contributed by atoms with Crippen LogP contribution in [-0.4, -0.2) is 53.2 Å². The summed E-state index contributed by atoms with van der Waals surface area (Å²) in [6.45, 7) is 5.69. The van der Waals surface area contributed by atoms with Gasteiger partial charge in [0.15, 0.2) is 0 Å². The summed E-state index contributed by atoms with van der Waals surface area (Å²) < 4.78 is 13.4. The van der Waals surface area contributed by atoms with Gasteiger partial charge >= 0.3 is 117 Å². The molecule has 6 heteroatoms. The number of carbonyl (C=O) groups excluding carboxylic acids is 1. The molecule has 1 atom stereocenters. The van der Waals surface area contributed by atoms with Gasteiger partial charge in [-0.2, -0.15) is 0 Å². The van der Waals surface area contributed by atoms with Crippen LogP contribution in [0.5, 0.6) is 0 Å². The van der Waals surface area contributed by atoms with Crippen molar-refractivity contribution in [3.05, 3.63) is 35.6 Å². The molecule has 0 aliphatic carbocycles. The summed E-state index contributed by atoms with van der Waals surface area (Å²) in [6.07, 6.45) is 1.14. The summed E-state index contributed by atoms with van der Waals surface area (Å²) in [5.41, 5.74) is 0.731. The number of carbonyl (C=O) groups is 2. The zero-order valence-electron chi connectivity index (χ0n) is 12.7. The first-order valence-electron chi connectivity index (χ1n) is 6.92. The Balaban J connectivity index is 0.000000677. The first-order valence-corrected chi connectivity index (χ1v) is 6.92. The molecule has 1 heterocycles. The van der Waals surface area contributed by atoms with Crippen LogP contribution >= 0.6 is 0 Å². The summed E-state index contributed by atoms with van der Waals surface area (Å²) >= 11 is 2.17. The van der Waals surface area contributed by atoms with E-state index in [1.54, 1.807) is 12.1 Å². The number of amides is 1. The van der Waals surface area contributed by atoms with Gasteiger partial charge in [0.1, 0.15) is 0 Å². The van der Waals surface area contributed by atoms with Crippen molar-refractivity contribution in [1.29, 1.82) is 0 Å². The fourth-order valence-electron chi connectivity index (χ4n) is 2.96. The summed E-state index contributed by atoms with van der Waals surface area (Å²) in [4.78, 5) is 22.6. The van der Waals surface area contributed by atoms with Crippen molar-refractivity contribution in [3.63, 3.8) is 0 Å². The maximum absolute atomic E-state index is 12.9. The molecule has 2 rings (SSSR count). The number of nitrogens with zero attached hydrogens (tertiary/aromatic N) is 1. The van der Waals surface area contributed by atoms with Crippen LogP contribution in [0, 0.1) is 11.2 Å². The molecule has 1 N–H and O–H groups in total. The first-order chi connectivity index (χ1) is 9.79. The van der Waals surface area contributed by atoms with Gasteiger partial charge < -0.3 is 5.11 Å². The average molecular weight is 287 g/mol. The fourth-order valence-corrected chi connectivity index (χ4v) is 2.96. The van der Waals surface area contributed by atoms with Crippen LogP contribution in [0.3, 0.4) is 0 Å². The summed E-state index contributed by atoms with van der Waals surface area (Å²) in [6, 6.07) is 5.80. The molecule has 0 radical (unpaired) electrons. The second kappa shape index (κ2) is 7.63. The molecular weight excluding hydrogens is 268 g/mol. The monoisotopic (exact) mass is 287 g/mol. The van der Waals surface area contributed by atoms with Gasteiger partial charge in [-0.15, -0.1) is 0 Å². The second-order valence-electron chi connectivity index (χ2n) is 6.27. The Labute approximate surface area is 133 Å². The van der Waals surface area contributed by atoms with Crippen molar-refractivity contribution in [2.24, 2.45) is 5.41 Å². The van der Waals surface area contributed by atoms with Gasteiger partial charge in [-0.05, 0) is 0 Å². The van der Waals surface area contributed by atoms with Gasteiger partial charge in [0.05, 0.1) is 0 Å².